The number of fused-ring (bicyclic) bond motifs is 1. The number of carbonyl (C=O) groups excluding carboxylic acids is 1. The number of H-pyrrole nitrogens is 1. The summed E-state index contributed by atoms with van der Waals surface area (Å²) in [4.78, 5) is 14.1. The van der Waals surface area contributed by atoms with Gasteiger partial charge in [0.1, 0.15) is 11.6 Å². The monoisotopic (exact) mass is 439 g/mol. The summed E-state index contributed by atoms with van der Waals surface area (Å²) < 4.78 is 21.9. The van der Waals surface area contributed by atoms with Crippen LogP contribution in [0.5, 0.6) is 17.4 Å². The fourth-order valence-electron chi connectivity index (χ4n) is 3.94. The minimum atomic E-state index is -0.484. The summed E-state index contributed by atoms with van der Waals surface area (Å²) in [5.41, 5.74) is 8.72. The van der Waals surface area contributed by atoms with Crippen LogP contribution in [-0.2, 0) is 11.2 Å². The van der Waals surface area contributed by atoms with Crippen molar-refractivity contribution < 1.29 is 23.7 Å². The number of methoxy groups -OCH3 is 1. The Balaban J connectivity index is 1.69. The molecule has 1 amide bonds. The Morgan fingerprint density at radius 2 is 2.16 bits per heavy atom. The lowest BCUT2D eigenvalue weighted by molar-refractivity contribution is 0.0413. The molecule has 1 atom stereocenters. The zero-order chi connectivity index (χ0) is 22.7. The maximum absolute atomic E-state index is 12.5. The van der Waals surface area contributed by atoms with E-state index in [1.165, 1.54) is 7.11 Å². The number of hydrogen-bond donors (Lipinski definition) is 2. The molecular weight excluding hydrogens is 414 g/mol. The number of morpholine rings is 1. The SMILES string of the molecule is CCCc1[nH]nc2c1[C@H](c1ccc(OC(=O)N3CCOCC3)c(OC)c1)C(C#N)=C(N)O2. The number of nitrogens with one attached hydrogen (secondary N) is 1. The van der Waals surface area contributed by atoms with Gasteiger partial charge in [-0.25, -0.2) is 4.79 Å². The summed E-state index contributed by atoms with van der Waals surface area (Å²) in [5.74, 6) is 0.546. The number of nitrogens with zero attached hydrogens (tertiary/aromatic N) is 3. The lowest BCUT2D eigenvalue weighted by Crippen LogP contribution is -2.42. The largest absolute Gasteiger partial charge is 0.493 e. The number of aryl methyl sites for hydroxylation is 1. The zero-order valence-corrected chi connectivity index (χ0v) is 18.0. The first-order valence-corrected chi connectivity index (χ1v) is 10.4. The minimum absolute atomic E-state index is 0.0151. The van der Waals surface area contributed by atoms with Crippen molar-refractivity contribution in [3.63, 3.8) is 0 Å². The van der Waals surface area contributed by atoms with Gasteiger partial charge in [0, 0.05) is 24.3 Å². The zero-order valence-electron chi connectivity index (χ0n) is 18.0. The molecule has 10 heteroatoms. The number of carbonyl (C=O) groups is 1. The molecule has 3 N–H and O–H groups in total. The number of allylic oxidation sites excluding steroid dienone is 1. The molecule has 2 aliphatic heterocycles. The van der Waals surface area contributed by atoms with E-state index in [1.807, 2.05) is 0 Å². The number of ether oxygens (including phenoxy) is 4. The maximum Gasteiger partial charge on any atom is 0.415 e. The van der Waals surface area contributed by atoms with Crippen molar-refractivity contribution in [1.29, 1.82) is 5.26 Å². The van der Waals surface area contributed by atoms with Crippen LogP contribution in [0, 0.1) is 11.3 Å². The van der Waals surface area contributed by atoms with E-state index < -0.39 is 12.0 Å². The molecule has 10 nitrogen and oxygen atoms in total. The number of nitriles is 1. The van der Waals surface area contributed by atoms with Crippen molar-refractivity contribution >= 4 is 6.09 Å². The van der Waals surface area contributed by atoms with E-state index in [-0.39, 0.29) is 17.2 Å². The topological polar surface area (TPSA) is 136 Å². The predicted octanol–water partition coefficient (Wildman–Crippen LogP) is 2.42. The van der Waals surface area contributed by atoms with Gasteiger partial charge < -0.3 is 29.6 Å². The molecule has 32 heavy (non-hydrogen) atoms. The highest BCUT2D eigenvalue weighted by molar-refractivity contribution is 5.72. The molecule has 2 aromatic rings. The van der Waals surface area contributed by atoms with Crippen LogP contribution in [0.3, 0.4) is 0 Å². The molecule has 0 saturated carbocycles. The molecule has 3 heterocycles. The smallest absolute Gasteiger partial charge is 0.415 e. The molecule has 2 aliphatic rings. The molecule has 4 rings (SSSR count). The van der Waals surface area contributed by atoms with Gasteiger partial charge in [0.25, 0.3) is 0 Å². The second-order valence-corrected chi connectivity index (χ2v) is 7.47. The number of aromatic nitrogens is 2. The Labute approximate surface area is 185 Å². The van der Waals surface area contributed by atoms with Crippen LogP contribution in [0.15, 0.2) is 29.7 Å². The summed E-state index contributed by atoms with van der Waals surface area (Å²) in [5, 5.41) is 17.0. The molecule has 1 aromatic heterocycles. The van der Waals surface area contributed by atoms with Gasteiger partial charge in [-0.3, -0.25) is 5.10 Å². The Morgan fingerprint density at radius 3 is 2.84 bits per heavy atom. The molecule has 1 aromatic carbocycles. The number of benzene rings is 1. The Morgan fingerprint density at radius 1 is 1.38 bits per heavy atom. The summed E-state index contributed by atoms with van der Waals surface area (Å²) in [6.07, 6.45) is 1.17. The third-order valence-electron chi connectivity index (χ3n) is 5.51. The number of nitrogens with two attached hydrogens (primary N) is 1. The van der Waals surface area contributed by atoms with E-state index >= 15 is 0 Å². The second kappa shape index (κ2) is 9.20. The van der Waals surface area contributed by atoms with Crippen molar-refractivity contribution in [2.45, 2.75) is 25.7 Å². The number of aromatic amines is 1. The molecule has 0 spiro atoms. The normalized spacial score (nSPS) is 17.9. The Hall–Kier alpha value is -3.71. The van der Waals surface area contributed by atoms with E-state index in [0.717, 1.165) is 29.7 Å². The molecule has 0 unspecified atom stereocenters. The summed E-state index contributed by atoms with van der Waals surface area (Å²) in [7, 11) is 1.50. The third-order valence-corrected chi connectivity index (χ3v) is 5.51. The second-order valence-electron chi connectivity index (χ2n) is 7.47. The number of hydrogen-bond acceptors (Lipinski definition) is 8. The molecule has 0 bridgehead atoms. The standard InChI is InChI=1S/C22H25N5O5/c1-3-4-15-19-18(14(12-23)20(24)32-21(19)26-25-15)13-5-6-16(17(11-13)29-2)31-22(28)27-7-9-30-10-8-27/h5-6,11,18H,3-4,7-10,24H2,1-2H3,(H,25,26)/t18-/m1/s1. The van der Waals surface area contributed by atoms with Gasteiger partial charge in [0.2, 0.25) is 11.8 Å². The van der Waals surface area contributed by atoms with Gasteiger partial charge >= 0.3 is 6.09 Å². The van der Waals surface area contributed by atoms with Crippen LogP contribution in [0.2, 0.25) is 0 Å². The van der Waals surface area contributed by atoms with Crippen molar-refractivity contribution in [2.24, 2.45) is 5.73 Å². The van der Waals surface area contributed by atoms with Gasteiger partial charge in [-0.1, -0.05) is 19.4 Å². The molecular formula is C22H25N5O5. The summed E-state index contributed by atoms with van der Waals surface area (Å²) in [6, 6.07) is 7.37. The first-order chi connectivity index (χ1) is 15.6. The highest BCUT2D eigenvalue weighted by Gasteiger charge is 2.35. The van der Waals surface area contributed by atoms with Gasteiger partial charge in [0.05, 0.1) is 26.2 Å². The highest BCUT2D eigenvalue weighted by Crippen LogP contribution is 2.44. The van der Waals surface area contributed by atoms with Crippen LogP contribution in [0.4, 0.5) is 4.79 Å². The molecule has 1 saturated heterocycles. The van der Waals surface area contributed by atoms with Gasteiger partial charge in [0.15, 0.2) is 11.5 Å². The van der Waals surface area contributed by atoms with Crippen LogP contribution in [0.25, 0.3) is 0 Å². The van der Waals surface area contributed by atoms with Crippen molar-refractivity contribution in [3.8, 4) is 23.4 Å². The average molecular weight is 439 g/mol. The van der Waals surface area contributed by atoms with Crippen molar-refractivity contribution in [2.75, 3.05) is 33.4 Å². The minimum Gasteiger partial charge on any atom is -0.493 e. The first kappa shape index (κ1) is 21.5. The quantitative estimate of drug-likeness (QED) is 0.725. The van der Waals surface area contributed by atoms with E-state index in [4.69, 9.17) is 24.7 Å². The fraction of sp³-hybridized carbons (Fsp3) is 0.409. The van der Waals surface area contributed by atoms with Crippen LogP contribution >= 0.6 is 0 Å². The Kier molecular flexibility index (Phi) is 6.18. The lowest BCUT2D eigenvalue weighted by atomic mass is 9.83. The van der Waals surface area contributed by atoms with E-state index in [2.05, 4.69) is 23.2 Å². The average Bonchev–Trinajstić information content (AvgIpc) is 3.21. The maximum atomic E-state index is 12.5. The van der Waals surface area contributed by atoms with Crippen LogP contribution < -0.4 is 19.9 Å². The molecule has 0 radical (unpaired) electrons. The van der Waals surface area contributed by atoms with Gasteiger partial charge in [-0.2, -0.15) is 5.26 Å². The molecule has 168 valence electrons. The highest BCUT2D eigenvalue weighted by atomic mass is 16.6. The Bertz CT molecular complexity index is 1080. The van der Waals surface area contributed by atoms with Gasteiger partial charge in [-0.05, 0) is 24.1 Å². The molecule has 1 fully saturated rings. The summed E-state index contributed by atoms with van der Waals surface area (Å²) in [6.45, 7) is 3.96. The van der Waals surface area contributed by atoms with E-state index in [9.17, 15) is 10.1 Å². The van der Waals surface area contributed by atoms with Gasteiger partial charge in [-0.15, -0.1) is 5.10 Å². The van der Waals surface area contributed by atoms with Crippen molar-refractivity contribution in [3.05, 3.63) is 46.5 Å². The number of amides is 1. The third kappa shape index (κ3) is 3.94. The summed E-state index contributed by atoms with van der Waals surface area (Å²) >= 11 is 0. The van der Waals surface area contributed by atoms with E-state index in [1.54, 1.807) is 23.1 Å². The first-order valence-electron chi connectivity index (χ1n) is 10.4. The van der Waals surface area contributed by atoms with E-state index in [0.29, 0.717) is 37.9 Å². The van der Waals surface area contributed by atoms with Crippen molar-refractivity contribution in [1.82, 2.24) is 15.1 Å². The fourth-order valence-corrected chi connectivity index (χ4v) is 3.94. The predicted molar refractivity (Wildman–Crippen MR) is 113 cm³/mol. The number of rotatable bonds is 5. The lowest BCUT2D eigenvalue weighted by Gasteiger charge is -2.27. The van der Waals surface area contributed by atoms with Crippen LogP contribution in [0.1, 0.15) is 36.1 Å². The van der Waals surface area contributed by atoms with Crippen LogP contribution in [-0.4, -0.2) is 54.6 Å². The molecule has 0 aliphatic carbocycles.